The van der Waals surface area contributed by atoms with E-state index in [1.165, 1.54) is 30.5 Å². The van der Waals surface area contributed by atoms with E-state index in [1.54, 1.807) is 42.5 Å². The van der Waals surface area contributed by atoms with Gasteiger partial charge in [0.15, 0.2) is 0 Å². The number of nitrogens with one attached hydrogen (secondary N) is 1. The molecule has 31 heavy (non-hydrogen) atoms. The molecule has 2 aromatic carbocycles. The molecule has 0 aliphatic carbocycles. The molecule has 1 atom stereocenters. The Bertz CT molecular complexity index is 1120. The highest BCUT2D eigenvalue weighted by molar-refractivity contribution is 7.89. The minimum atomic E-state index is -3.63. The van der Waals surface area contributed by atoms with E-state index in [9.17, 15) is 21.6 Å². The van der Waals surface area contributed by atoms with Crippen LogP contribution in [0.15, 0.2) is 64.4 Å². The van der Waals surface area contributed by atoms with Crippen LogP contribution in [0.1, 0.15) is 18.4 Å². The highest BCUT2D eigenvalue weighted by Crippen LogP contribution is 2.24. The molecule has 1 saturated heterocycles. The van der Waals surface area contributed by atoms with Crippen molar-refractivity contribution in [3.05, 3.63) is 60.2 Å². The summed E-state index contributed by atoms with van der Waals surface area (Å²) in [4.78, 5) is 13.1. The molecule has 1 amide bonds. The van der Waals surface area contributed by atoms with Crippen LogP contribution in [0.4, 0.5) is 0 Å². The van der Waals surface area contributed by atoms with E-state index in [4.69, 9.17) is 0 Å². The van der Waals surface area contributed by atoms with Gasteiger partial charge in [0, 0.05) is 33.7 Å². The SMILES string of the molecule is CN(C)S(=O)(=O)c1ccc(CNC(=O)[C@H]2CCCN(S(=O)(=O)c3ccccc3)C2)cc1. The van der Waals surface area contributed by atoms with Gasteiger partial charge in [-0.15, -0.1) is 0 Å². The third kappa shape index (κ3) is 5.32. The summed E-state index contributed by atoms with van der Waals surface area (Å²) < 4.78 is 52.5. The highest BCUT2D eigenvalue weighted by atomic mass is 32.2. The molecule has 1 N–H and O–H groups in total. The number of carbonyl (C=O) groups is 1. The molecule has 168 valence electrons. The van der Waals surface area contributed by atoms with E-state index in [0.29, 0.717) is 19.4 Å². The zero-order valence-electron chi connectivity index (χ0n) is 17.6. The summed E-state index contributed by atoms with van der Waals surface area (Å²) in [5.74, 6) is -0.640. The van der Waals surface area contributed by atoms with Crippen molar-refractivity contribution in [2.75, 3.05) is 27.2 Å². The summed E-state index contributed by atoms with van der Waals surface area (Å²) in [6.07, 6.45) is 1.23. The lowest BCUT2D eigenvalue weighted by Gasteiger charge is -2.31. The summed E-state index contributed by atoms with van der Waals surface area (Å²) >= 11 is 0. The second-order valence-corrected chi connectivity index (χ2v) is 11.8. The maximum absolute atomic E-state index is 12.8. The average Bonchev–Trinajstić information content (AvgIpc) is 2.78. The number of piperidine rings is 1. The molecule has 0 radical (unpaired) electrons. The molecule has 3 rings (SSSR count). The summed E-state index contributed by atoms with van der Waals surface area (Å²) in [7, 11) is -4.20. The van der Waals surface area contributed by atoms with Crippen molar-refractivity contribution < 1.29 is 21.6 Å². The third-order valence-electron chi connectivity index (χ3n) is 5.30. The van der Waals surface area contributed by atoms with Crippen molar-refractivity contribution in [1.82, 2.24) is 13.9 Å². The number of benzene rings is 2. The number of hydrogen-bond acceptors (Lipinski definition) is 5. The number of nitrogens with zero attached hydrogens (tertiary/aromatic N) is 2. The molecular weight excluding hydrogens is 438 g/mol. The Labute approximate surface area is 184 Å². The van der Waals surface area contributed by atoms with Crippen molar-refractivity contribution in [2.45, 2.75) is 29.2 Å². The summed E-state index contributed by atoms with van der Waals surface area (Å²) in [5, 5.41) is 2.84. The predicted octanol–water partition coefficient (Wildman–Crippen LogP) is 1.65. The Morgan fingerprint density at radius 3 is 2.26 bits per heavy atom. The zero-order valence-corrected chi connectivity index (χ0v) is 19.2. The van der Waals surface area contributed by atoms with Crippen LogP contribution in [0.25, 0.3) is 0 Å². The summed E-state index contributed by atoms with van der Waals surface area (Å²) in [6, 6.07) is 14.5. The van der Waals surface area contributed by atoms with Crippen LogP contribution in [0.5, 0.6) is 0 Å². The van der Waals surface area contributed by atoms with E-state index in [0.717, 1.165) is 9.87 Å². The minimum Gasteiger partial charge on any atom is -0.352 e. The van der Waals surface area contributed by atoms with Crippen LogP contribution in [0.3, 0.4) is 0 Å². The van der Waals surface area contributed by atoms with Crippen LogP contribution in [-0.2, 0) is 31.4 Å². The first kappa shape index (κ1) is 23.4. The average molecular weight is 466 g/mol. The third-order valence-corrected chi connectivity index (χ3v) is 9.01. The summed E-state index contributed by atoms with van der Waals surface area (Å²) in [5.41, 5.74) is 0.760. The van der Waals surface area contributed by atoms with Crippen molar-refractivity contribution >= 4 is 26.0 Å². The predicted molar refractivity (Wildman–Crippen MR) is 117 cm³/mol. The van der Waals surface area contributed by atoms with Gasteiger partial charge < -0.3 is 5.32 Å². The smallest absolute Gasteiger partial charge is 0.243 e. The molecule has 1 heterocycles. The maximum Gasteiger partial charge on any atom is 0.243 e. The molecule has 8 nitrogen and oxygen atoms in total. The van der Waals surface area contributed by atoms with Crippen molar-refractivity contribution in [2.24, 2.45) is 5.92 Å². The Hall–Kier alpha value is -2.27. The highest BCUT2D eigenvalue weighted by Gasteiger charge is 2.33. The van der Waals surface area contributed by atoms with E-state index in [-0.39, 0.29) is 28.8 Å². The molecule has 1 fully saturated rings. The number of hydrogen-bond donors (Lipinski definition) is 1. The molecule has 0 bridgehead atoms. The van der Waals surface area contributed by atoms with Gasteiger partial charge in [-0.1, -0.05) is 30.3 Å². The maximum atomic E-state index is 12.8. The second-order valence-electron chi connectivity index (χ2n) is 7.66. The molecular formula is C21H27N3O5S2. The normalized spacial score (nSPS) is 18.1. The van der Waals surface area contributed by atoms with Gasteiger partial charge in [-0.2, -0.15) is 4.31 Å². The van der Waals surface area contributed by atoms with Crippen LogP contribution >= 0.6 is 0 Å². The van der Waals surface area contributed by atoms with Crippen LogP contribution in [0, 0.1) is 5.92 Å². The molecule has 0 unspecified atom stereocenters. The van der Waals surface area contributed by atoms with Gasteiger partial charge >= 0.3 is 0 Å². The van der Waals surface area contributed by atoms with E-state index in [1.807, 2.05) is 0 Å². The van der Waals surface area contributed by atoms with Gasteiger partial charge in [0.05, 0.1) is 15.7 Å². The number of carbonyl (C=O) groups excluding carboxylic acids is 1. The molecule has 0 aromatic heterocycles. The number of amides is 1. The summed E-state index contributed by atoms with van der Waals surface area (Å²) in [6.45, 7) is 0.773. The molecule has 0 saturated carbocycles. The Morgan fingerprint density at radius 1 is 1.00 bits per heavy atom. The molecule has 2 aromatic rings. The fraction of sp³-hybridized carbons (Fsp3) is 0.381. The lowest BCUT2D eigenvalue weighted by atomic mass is 9.99. The molecule has 10 heteroatoms. The van der Waals surface area contributed by atoms with E-state index < -0.39 is 26.0 Å². The van der Waals surface area contributed by atoms with Gasteiger partial charge in [0.25, 0.3) is 0 Å². The fourth-order valence-corrected chi connectivity index (χ4v) is 5.89. The minimum absolute atomic E-state index is 0.142. The van der Waals surface area contributed by atoms with Gasteiger partial charge in [0.1, 0.15) is 0 Å². The van der Waals surface area contributed by atoms with Crippen LogP contribution in [0.2, 0.25) is 0 Å². The van der Waals surface area contributed by atoms with Crippen molar-refractivity contribution in [3.63, 3.8) is 0 Å². The van der Waals surface area contributed by atoms with Crippen molar-refractivity contribution in [3.8, 4) is 0 Å². The fourth-order valence-electron chi connectivity index (χ4n) is 3.44. The topological polar surface area (TPSA) is 104 Å². The first-order valence-electron chi connectivity index (χ1n) is 9.97. The quantitative estimate of drug-likeness (QED) is 0.670. The van der Waals surface area contributed by atoms with E-state index in [2.05, 4.69) is 5.32 Å². The second kappa shape index (κ2) is 9.47. The lowest BCUT2D eigenvalue weighted by molar-refractivity contribution is -0.126. The number of sulfonamides is 2. The monoisotopic (exact) mass is 465 g/mol. The standard InChI is InChI=1S/C21H27N3O5S2/c1-23(2)30(26,27)20-12-10-17(11-13-20)15-22-21(25)18-7-6-14-24(16-18)31(28,29)19-8-4-3-5-9-19/h3-5,8-13,18H,6-7,14-16H2,1-2H3,(H,22,25)/t18-/m0/s1. The van der Waals surface area contributed by atoms with Gasteiger partial charge in [-0.25, -0.2) is 21.1 Å². The first-order valence-corrected chi connectivity index (χ1v) is 12.8. The van der Waals surface area contributed by atoms with Crippen LogP contribution < -0.4 is 5.32 Å². The number of rotatable bonds is 7. The van der Waals surface area contributed by atoms with Gasteiger partial charge in [-0.05, 0) is 42.7 Å². The van der Waals surface area contributed by atoms with Gasteiger partial charge in [-0.3, -0.25) is 4.79 Å². The van der Waals surface area contributed by atoms with E-state index >= 15 is 0 Å². The first-order chi connectivity index (χ1) is 14.6. The zero-order chi connectivity index (χ0) is 22.6. The van der Waals surface area contributed by atoms with Crippen molar-refractivity contribution in [1.29, 1.82) is 0 Å². The van der Waals surface area contributed by atoms with Crippen LogP contribution in [-0.4, -0.2) is 58.5 Å². The Balaban J connectivity index is 1.61. The molecule has 1 aliphatic heterocycles. The lowest BCUT2D eigenvalue weighted by Crippen LogP contribution is -2.45. The Morgan fingerprint density at radius 2 is 1.65 bits per heavy atom. The Kier molecular flexibility index (Phi) is 7.15. The van der Waals surface area contributed by atoms with Gasteiger partial charge in [0.2, 0.25) is 26.0 Å². The molecule has 1 aliphatic rings. The largest absolute Gasteiger partial charge is 0.352 e. The molecule has 0 spiro atoms.